The van der Waals surface area contributed by atoms with Crippen molar-refractivity contribution in [3.63, 3.8) is 0 Å². The summed E-state index contributed by atoms with van der Waals surface area (Å²) < 4.78 is 2.16. The van der Waals surface area contributed by atoms with Crippen LogP contribution in [0.15, 0.2) is 30.3 Å². The standard InChI is InChI=1S/C17H20ClN3/c1-20-10-5-11-21-16(20)12-15(19-21)17(8-4-9-17)13-6-2-3-7-14(13)18/h2-3,6-7,12H,4-5,8-11H2,1H3. The third-order valence-electron chi connectivity index (χ3n) is 5.10. The first-order chi connectivity index (χ1) is 10.2. The van der Waals surface area contributed by atoms with Crippen molar-refractivity contribution in [3.8, 4) is 0 Å². The van der Waals surface area contributed by atoms with Gasteiger partial charge in [-0.15, -0.1) is 0 Å². The lowest BCUT2D eigenvalue weighted by atomic mass is 9.62. The smallest absolute Gasteiger partial charge is 0.126 e. The molecule has 2 aliphatic rings. The first-order valence-corrected chi connectivity index (χ1v) is 8.13. The highest BCUT2D eigenvalue weighted by molar-refractivity contribution is 6.31. The monoisotopic (exact) mass is 301 g/mol. The second kappa shape index (κ2) is 4.77. The zero-order valence-corrected chi connectivity index (χ0v) is 13.1. The quantitative estimate of drug-likeness (QED) is 0.840. The van der Waals surface area contributed by atoms with Gasteiger partial charge >= 0.3 is 0 Å². The predicted molar refractivity (Wildman–Crippen MR) is 86.2 cm³/mol. The number of halogens is 1. The van der Waals surface area contributed by atoms with E-state index in [2.05, 4.69) is 34.8 Å². The summed E-state index contributed by atoms with van der Waals surface area (Å²) in [5.41, 5.74) is 2.48. The fourth-order valence-electron chi connectivity index (χ4n) is 3.73. The first kappa shape index (κ1) is 13.2. The van der Waals surface area contributed by atoms with Gasteiger partial charge in [0.2, 0.25) is 0 Å². The lowest BCUT2D eigenvalue weighted by molar-refractivity contribution is 0.290. The van der Waals surface area contributed by atoms with Gasteiger partial charge in [0.25, 0.3) is 0 Å². The lowest BCUT2D eigenvalue weighted by Crippen LogP contribution is -2.36. The predicted octanol–water partition coefficient (Wildman–Crippen LogP) is 3.85. The Labute approximate surface area is 130 Å². The van der Waals surface area contributed by atoms with Crippen LogP contribution in [0, 0.1) is 0 Å². The normalized spacial score (nSPS) is 20.0. The van der Waals surface area contributed by atoms with Gasteiger partial charge in [0.15, 0.2) is 0 Å². The van der Waals surface area contributed by atoms with Crippen LogP contribution < -0.4 is 4.90 Å². The van der Waals surface area contributed by atoms with Gasteiger partial charge in [-0.25, -0.2) is 4.68 Å². The summed E-state index contributed by atoms with van der Waals surface area (Å²) in [6.45, 7) is 2.14. The van der Waals surface area contributed by atoms with Gasteiger partial charge in [-0.05, 0) is 30.9 Å². The molecule has 0 saturated heterocycles. The number of benzene rings is 1. The Kier molecular flexibility index (Phi) is 3.00. The van der Waals surface area contributed by atoms with Crippen LogP contribution in [-0.4, -0.2) is 23.4 Å². The first-order valence-electron chi connectivity index (χ1n) is 7.75. The number of fused-ring (bicyclic) bond motifs is 1. The Morgan fingerprint density at radius 1 is 1.14 bits per heavy atom. The Morgan fingerprint density at radius 3 is 2.62 bits per heavy atom. The molecule has 1 fully saturated rings. The zero-order chi connectivity index (χ0) is 14.4. The van der Waals surface area contributed by atoms with Gasteiger partial charge in [0.05, 0.1) is 5.69 Å². The molecule has 4 heteroatoms. The summed E-state index contributed by atoms with van der Waals surface area (Å²) in [7, 11) is 2.15. The minimum atomic E-state index is 0.0313. The van der Waals surface area contributed by atoms with Gasteiger partial charge in [-0.2, -0.15) is 5.10 Å². The van der Waals surface area contributed by atoms with E-state index in [1.165, 1.54) is 29.9 Å². The molecule has 0 atom stereocenters. The van der Waals surface area contributed by atoms with E-state index in [1.807, 2.05) is 12.1 Å². The average Bonchev–Trinajstić information content (AvgIpc) is 2.85. The lowest BCUT2D eigenvalue weighted by Gasteiger charge is -2.41. The molecular weight excluding hydrogens is 282 g/mol. The summed E-state index contributed by atoms with van der Waals surface area (Å²) in [5.74, 6) is 1.24. The Bertz CT molecular complexity index is 672. The molecule has 110 valence electrons. The van der Waals surface area contributed by atoms with Gasteiger partial charge in [-0.3, -0.25) is 0 Å². The highest BCUT2D eigenvalue weighted by Gasteiger charge is 2.44. The molecule has 21 heavy (non-hydrogen) atoms. The Balaban J connectivity index is 1.82. The molecule has 4 rings (SSSR count). The number of hydrogen-bond donors (Lipinski definition) is 0. The fourth-order valence-corrected chi connectivity index (χ4v) is 4.04. The molecule has 1 aromatic carbocycles. The number of nitrogens with zero attached hydrogens (tertiary/aromatic N) is 3. The summed E-state index contributed by atoms with van der Waals surface area (Å²) in [5, 5.41) is 5.80. The molecule has 0 radical (unpaired) electrons. The van der Waals surface area contributed by atoms with Gasteiger partial charge in [0, 0.05) is 36.6 Å². The van der Waals surface area contributed by atoms with Crippen molar-refractivity contribution in [2.45, 2.75) is 37.6 Å². The highest BCUT2D eigenvalue weighted by Crippen LogP contribution is 2.51. The van der Waals surface area contributed by atoms with Crippen molar-refractivity contribution in [1.82, 2.24) is 9.78 Å². The molecule has 1 aliphatic heterocycles. The maximum absolute atomic E-state index is 6.48. The molecule has 0 amide bonds. The van der Waals surface area contributed by atoms with Crippen molar-refractivity contribution < 1.29 is 0 Å². The van der Waals surface area contributed by atoms with Crippen molar-refractivity contribution in [2.75, 3.05) is 18.5 Å². The summed E-state index contributed by atoms with van der Waals surface area (Å²) >= 11 is 6.48. The molecule has 0 unspecified atom stereocenters. The van der Waals surface area contributed by atoms with Crippen molar-refractivity contribution in [1.29, 1.82) is 0 Å². The van der Waals surface area contributed by atoms with E-state index in [1.54, 1.807) is 0 Å². The van der Waals surface area contributed by atoms with Crippen LogP contribution in [0.25, 0.3) is 0 Å². The third kappa shape index (κ3) is 1.90. The van der Waals surface area contributed by atoms with Crippen LogP contribution in [0.2, 0.25) is 5.02 Å². The largest absolute Gasteiger partial charge is 0.360 e. The minimum Gasteiger partial charge on any atom is -0.360 e. The number of aryl methyl sites for hydroxylation is 1. The van der Waals surface area contributed by atoms with E-state index < -0.39 is 0 Å². The van der Waals surface area contributed by atoms with E-state index in [4.69, 9.17) is 16.7 Å². The average molecular weight is 302 g/mol. The van der Waals surface area contributed by atoms with Crippen LogP contribution in [0.4, 0.5) is 5.82 Å². The van der Waals surface area contributed by atoms with Crippen molar-refractivity contribution in [2.24, 2.45) is 0 Å². The molecule has 1 aliphatic carbocycles. The number of rotatable bonds is 2. The molecule has 1 aromatic heterocycles. The van der Waals surface area contributed by atoms with E-state index >= 15 is 0 Å². The van der Waals surface area contributed by atoms with E-state index in [-0.39, 0.29) is 5.41 Å². The maximum Gasteiger partial charge on any atom is 0.126 e. The number of aromatic nitrogens is 2. The van der Waals surface area contributed by atoms with Crippen LogP contribution in [0.5, 0.6) is 0 Å². The summed E-state index contributed by atoms with van der Waals surface area (Å²) in [6, 6.07) is 10.5. The molecule has 2 heterocycles. The van der Waals surface area contributed by atoms with Crippen LogP contribution >= 0.6 is 11.6 Å². The van der Waals surface area contributed by atoms with Crippen LogP contribution in [0.3, 0.4) is 0 Å². The zero-order valence-electron chi connectivity index (χ0n) is 12.3. The highest BCUT2D eigenvalue weighted by atomic mass is 35.5. The van der Waals surface area contributed by atoms with Crippen LogP contribution in [0.1, 0.15) is 36.9 Å². The van der Waals surface area contributed by atoms with Gasteiger partial charge in [-0.1, -0.05) is 36.2 Å². The number of anilines is 1. The SMILES string of the molecule is CN1CCCn2nc(C3(c4ccccc4Cl)CCC3)cc21. The molecule has 3 nitrogen and oxygen atoms in total. The molecule has 0 bridgehead atoms. The Morgan fingerprint density at radius 2 is 1.95 bits per heavy atom. The molecule has 2 aromatic rings. The van der Waals surface area contributed by atoms with Crippen molar-refractivity contribution in [3.05, 3.63) is 46.6 Å². The maximum atomic E-state index is 6.48. The summed E-state index contributed by atoms with van der Waals surface area (Å²) in [6.07, 6.45) is 4.72. The minimum absolute atomic E-state index is 0.0313. The van der Waals surface area contributed by atoms with E-state index in [9.17, 15) is 0 Å². The van der Waals surface area contributed by atoms with Crippen molar-refractivity contribution >= 4 is 17.4 Å². The number of hydrogen-bond acceptors (Lipinski definition) is 2. The van der Waals surface area contributed by atoms with E-state index in [0.717, 1.165) is 31.0 Å². The molecular formula is C17H20ClN3. The topological polar surface area (TPSA) is 21.1 Å². The summed E-state index contributed by atoms with van der Waals surface area (Å²) in [4.78, 5) is 2.30. The van der Waals surface area contributed by atoms with Gasteiger partial charge < -0.3 is 4.90 Å². The fraction of sp³-hybridized carbons (Fsp3) is 0.471. The second-order valence-corrected chi connectivity index (χ2v) is 6.71. The van der Waals surface area contributed by atoms with Crippen LogP contribution in [-0.2, 0) is 12.0 Å². The molecule has 0 spiro atoms. The second-order valence-electron chi connectivity index (χ2n) is 6.30. The van der Waals surface area contributed by atoms with Gasteiger partial charge in [0.1, 0.15) is 5.82 Å². The molecule has 1 saturated carbocycles. The third-order valence-corrected chi connectivity index (χ3v) is 5.43. The Hall–Kier alpha value is -1.48. The van der Waals surface area contributed by atoms with E-state index in [0.29, 0.717) is 0 Å². The molecule has 0 N–H and O–H groups in total.